The Morgan fingerprint density at radius 1 is 1.44 bits per heavy atom. The summed E-state index contributed by atoms with van der Waals surface area (Å²) >= 11 is 5.94. The maximum absolute atomic E-state index is 11.0. The fraction of sp³-hybridized carbons (Fsp3) is 0.500. The smallest absolute Gasteiger partial charge is 0.309 e. The summed E-state index contributed by atoms with van der Waals surface area (Å²) in [6.45, 7) is 3.48. The van der Waals surface area contributed by atoms with E-state index in [4.69, 9.17) is 21.4 Å². The molecule has 4 heteroatoms. The molecule has 0 spiro atoms. The van der Waals surface area contributed by atoms with Gasteiger partial charge in [0.1, 0.15) is 5.75 Å². The van der Waals surface area contributed by atoms with Crippen molar-refractivity contribution in [3.63, 3.8) is 0 Å². The van der Waals surface area contributed by atoms with Crippen LogP contribution in [0.15, 0.2) is 18.2 Å². The standard InChI is InChI=1S/C14H19ClO3/c1-14(2,13(16)17)8-4-5-10-9-11(15)6-7-12(10)18-3/h6-7,9H,4-5,8H2,1-3H3,(H,16,17). The lowest BCUT2D eigenvalue weighted by Gasteiger charge is -2.19. The average Bonchev–Trinajstić information content (AvgIpc) is 2.29. The second kappa shape index (κ2) is 6.10. The fourth-order valence-corrected chi connectivity index (χ4v) is 1.96. The molecule has 18 heavy (non-hydrogen) atoms. The van der Waals surface area contributed by atoms with Crippen molar-refractivity contribution in [1.82, 2.24) is 0 Å². The first kappa shape index (κ1) is 14.8. The molecular weight excluding hydrogens is 252 g/mol. The van der Waals surface area contributed by atoms with Gasteiger partial charge in [-0.25, -0.2) is 0 Å². The first-order chi connectivity index (χ1) is 8.36. The molecule has 1 N–H and O–H groups in total. The zero-order valence-electron chi connectivity index (χ0n) is 11.0. The molecule has 0 heterocycles. The molecule has 0 saturated carbocycles. The van der Waals surface area contributed by atoms with Gasteiger partial charge >= 0.3 is 5.97 Å². The number of carbonyl (C=O) groups is 1. The Morgan fingerprint density at radius 2 is 2.11 bits per heavy atom. The van der Waals surface area contributed by atoms with Crippen molar-refractivity contribution in [1.29, 1.82) is 0 Å². The van der Waals surface area contributed by atoms with Crippen LogP contribution in [-0.4, -0.2) is 18.2 Å². The molecule has 0 aromatic heterocycles. The molecule has 100 valence electrons. The number of hydrogen-bond acceptors (Lipinski definition) is 2. The van der Waals surface area contributed by atoms with Crippen molar-refractivity contribution < 1.29 is 14.6 Å². The lowest BCUT2D eigenvalue weighted by Crippen LogP contribution is -2.23. The number of benzene rings is 1. The SMILES string of the molecule is COc1ccc(Cl)cc1CCCC(C)(C)C(=O)O. The van der Waals surface area contributed by atoms with Crippen molar-refractivity contribution in [3.8, 4) is 5.75 Å². The highest BCUT2D eigenvalue weighted by Gasteiger charge is 2.26. The predicted octanol–water partition coefficient (Wildman–Crippen LogP) is 3.78. The van der Waals surface area contributed by atoms with Crippen LogP contribution in [0.25, 0.3) is 0 Å². The van der Waals surface area contributed by atoms with Crippen molar-refractivity contribution in [3.05, 3.63) is 28.8 Å². The van der Waals surface area contributed by atoms with Gasteiger partial charge in [0.2, 0.25) is 0 Å². The number of rotatable bonds is 6. The van der Waals surface area contributed by atoms with Crippen LogP contribution in [0.3, 0.4) is 0 Å². The Kier molecular flexibility index (Phi) is 5.03. The van der Waals surface area contributed by atoms with E-state index in [0.717, 1.165) is 24.2 Å². The normalized spacial score (nSPS) is 11.3. The lowest BCUT2D eigenvalue weighted by atomic mass is 9.86. The second-order valence-electron chi connectivity index (χ2n) is 5.00. The number of aryl methyl sites for hydroxylation is 1. The molecule has 0 fully saturated rings. The average molecular weight is 271 g/mol. The molecule has 1 aromatic carbocycles. The van der Waals surface area contributed by atoms with Gasteiger partial charge in [-0.1, -0.05) is 11.6 Å². The molecule has 0 amide bonds. The Morgan fingerprint density at radius 3 is 2.67 bits per heavy atom. The highest BCUT2D eigenvalue weighted by Crippen LogP contribution is 2.27. The highest BCUT2D eigenvalue weighted by molar-refractivity contribution is 6.30. The predicted molar refractivity (Wildman–Crippen MR) is 72.4 cm³/mol. The molecule has 0 atom stereocenters. The summed E-state index contributed by atoms with van der Waals surface area (Å²) in [5.74, 6) is 0.0353. The van der Waals surface area contributed by atoms with Crippen LogP contribution in [0.4, 0.5) is 0 Å². The Hall–Kier alpha value is -1.22. The Balaban J connectivity index is 2.64. The zero-order chi connectivity index (χ0) is 13.8. The number of carboxylic acids is 1. The molecule has 1 rings (SSSR count). The van der Waals surface area contributed by atoms with E-state index < -0.39 is 11.4 Å². The van der Waals surface area contributed by atoms with Crippen molar-refractivity contribution >= 4 is 17.6 Å². The van der Waals surface area contributed by atoms with Crippen molar-refractivity contribution in [2.75, 3.05) is 7.11 Å². The zero-order valence-corrected chi connectivity index (χ0v) is 11.8. The van der Waals surface area contributed by atoms with Crippen LogP contribution in [0, 0.1) is 5.41 Å². The minimum atomic E-state index is -0.763. The van der Waals surface area contributed by atoms with Gasteiger partial charge in [-0.3, -0.25) is 4.79 Å². The van der Waals surface area contributed by atoms with E-state index in [1.807, 2.05) is 12.1 Å². The van der Waals surface area contributed by atoms with E-state index in [-0.39, 0.29) is 0 Å². The quantitative estimate of drug-likeness (QED) is 0.856. The van der Waals surface area contributed by atoms with Gasteiger partial charge in [-0.15, -0.1) is 0 Å². The molecular formula is C14H19ClO3. The maximum Gasteiger partial charge on any atom is 0.309 e. The second-order valence-corrected chi connectivity index (χ2v) is 5.44. The van der Waals surface area contributed by atoms with E-state index in [1.54, 1.807) is 27.0 Å². The number of carboxylic acid groups (broad SMARTS) is 1. The van der Waals surface area contributed by atoms with E-state index in [9.17, 15) is 4.79 Å². The number of methoxy groups -OCH3 is 1. The summed E-state index contributed by atoms with van der Waals surface area (Å²) in [6, 6.07) is 5.49. The van der Waals surface area contributed by atoms with Crippen LogP contribution in [-0.2, 0) is 11.2 Å². The minimum absolute atomic E-state index is 0.623. The van der Waals surface area contributed by atoms with Crippen LogP contribution in [0.5, 0.6) is 5.75 Å². The third kappa shape index (κ3) is 3.91. The summed E-state index contributed by atoms with van der Waals surface area (Å²) in [5, 5.41) is 9.71. The van der Waals surface area contributed by atoms with Gasteiger partial charge in [0.05, 0.1) is 12.5 Å². The Labute approximate surface area is 113 Å². The summed E-state index contributed by atoms with van der Waals surface area (Å²) < 4.78 is 5.26. The van der Waals surface area contributed by atoms with Crippen LogP contribution < -0.4 is 4.74 Å². The molecule has 0 unspecified atom stereocenters. The van der Waals surface area contributed by atoms with Crippen molar-refractivity contribution in [2.45, 2.75) is 33.1 Å². The van der Waals surface area contributed by atoms with Gasteiger partial charge in [0, 0.05) is 5.02 Å². The first-order valence-electron chi connectivity index (χ1n) is 5.92. The van der Waals surface area contributed by atoms with Crippen LogP contribution in [0.1, 0.15) is 32.3 Å². The minimum Gasteiger partial charge on any atom is -0.496 e. The van der Waals surface area contributed by atoms with Gasteiger partial charge in [-0.2, -0.15) is 0 Å². The number of ether oxygens (including phenoxy) is 1. The third-order valence-corrected chi connectivity index (χ3v) is 3.30. The molecule has 1 aromatic rings. The van der Waals surface area contributed by atoms with Gasteiger partial charge < -0.3 is 9.84 Å². The molecule has 0 bridgehead atoms. The molecule has 0 saturated heterocycles. The van der Waals surface area contributed by atoms with E-state index in [1.165, 1.54) is 0 Å². The van der Waals surface area contributed by atoms with Gasteiger partial charge in [0.25, 0.3) is 0 Å². The number of hydrogen-bond donors (Lipinski definition) is 1. The molecule has 3 nitrogen and oxygen atoms in total. The molecule has 0 aliphatic rings. The van der Waals surface area contributed by atoms with Gasteiger partial charge in [0.15, 0.2) is 0 Å². The topological polar surface area (TPSA) is 46.5 Å². The number of aliphatic carboxylic acids is 1. The molecule has 0 aliphatic heterocycles. The first-order valence-corrected chi connectivity index (χ1v) is 6.30. The van der Waals surface area contributed by atoms with E-state index >= 15 is 0 Å². The van der Waals surface area contributed by atoms with Gasteiger partial charge in [-0.05, 0) is 56.9 Å². The fourth-order valence-electron chi connectivity index (χ4n) is 1.77. The van der Waals surface area contributed by atoms with Crippen LogP contribution in [0.2, 0.25) is 5.02 Å². The van der Waals surface area contributed by atoms with Crippen molar-refractivity contribution in [2.24, 2.45) is 5.41 Å². The molecule has 0 aliphatic carbocycles. The summed E-state index contributed by atoms with van der Waals surface area (Å²) in [4.78, 5) is 11.0. The lowest BCUT2D eigenvalue weighted by molar-refractivity contribution is -0.147. The Bertz CT molecular complexity index is 427. The third-order valence-electron chi connectivity index (χ3n) is 3.07. The highest BCUT2D eigenvalue weighted by atomic mass is 35.5. The largest absolute Gasteiger partial charge is 0.496 e. The van der Waals surface area contributed by atoms with E-state index in [0.29, 0.717) is 11.4 Å². The van der Waals surface area contributed by atoms with E-state index in [2.05, 4.69) is 0 Å². The maximum atomic E-state index is 11.0. The molecule has 0 radical (unpaired) electrons. The summed E-state index contributed by atoms with van der Waals surface area (Å²) in [5.41, 5.74) is 0.331. The van der Waals surface area contributed by atoms with Crippen LogP contribution >= 0.6 is 11.6 Å². The number of halogens is 1. The monoisotopic (exact) mass is 270 g/mol. The summed E-state index contributed by atoms with van der Waals surface area (Å²) in [6.07, 6.45) is 2.18. The summed E-state index contributed by atoms with van der Waals surface area (Å²) in [7, 11) is 1.62.